The number of rotatable bonds is 17. The average molecular weight is 624 g/mol. The zero-order chi connectivity index (χ0) is 32.7. The smallest absolute Gasteiger partial charge is 0.243 e. The minimum Gasteiger partial charge on any atom is -0.368 e. The van der Waals surface area contributed by atoms with Gasteiger partial charge >= 0.3 is 0 Å². The Balaban J connectivity index is 1.52. The Hall–Kier alpha value is -5.29. The Morgan fingerprint density at radius 3 is 1.67 bits per heavy atom. The van der Waals surface area contributed by atoms with Crippen molar-refractivity contribution < 1.29 is 19.2 Å². The number of nitrogens with zero attached hydrogens (tertiary/aromatic N) is 1. The number of H-pyrrole nitrogens is 1. The molecule has 0 aliphatic carbocycles. The van der Waals surface area contributed by atoms with Gasteiger partial charge in [-0.3, -0.25) is 19.2 Å². The first-order chi connectivity index (χ1) is 22.3. The van der Waals surface area contributed by atoms with Gasteiger partial charge in [0, 0.05) is 44.2 Å². The molecule has 0 saturated heterocycles. The highest BCUT2D eigenvalue weighted by atomic mass is 16.2. The van der Waals surface area contributed by atoms with Crippen molar-refractivity contribution in [2.45, 2.75) is 56.8 Å². The zero-order valence-corrected chi connectivity index (χ0v) is 25.8. The lowest BCUT2D eigenvalue weighted by Crippen LogP contribution is -2.57. The Bertz CT molecular complexity index is 1530. The van der Waals surface area contributed by atoms with Crippen LogP contribution >= 0.6 is 0 Å². The molecule has 0 radical (unpaired) electrons. The van der Waals surface area contributed by atoms with E-state index in [2.05, 4.69) is 31.2 Å². The highest BCUT2D eigenvalue weighted by Crippen LogP contribution is 2.09. The minimum atomic E-state index is -0.991. The molecule has 3 aromatic carbocycles. The molecule has 4 aromatic rings. The molecule has 11 nitrogen and oxygen atoms in total. The first-order valence-electron chi connectivity index (χ1n) is 15.3. The van der Waals surface area contributed by atoms with E-state index in [1.54, 1.807) is 6.20 Å². The van der Waals surface area contributed by atoms with Crippen molar-refractivity contribution in [3.63, 3.8) is 0 Å². The first-order valence-corrected chi connectivity index (χ1v) is 15.3. The fraction of sp³-hybridized carbons (Fsp3) is 0.286. The number of primary amides is 1. The number of nitrogens with two attached hydrogens (primary N) is 1. The molecule has 0 fully saturated rings. The highest BCUT2D eigenvalue weighted by Gasteiger charge is 2.29. The van der Waals surface area contributed by atoms with Gasteiger partial charge in [-0.2, -0.15) is 0 Å². The van der Waals surface area contributed by atoms with E-state index < -0.39 is 41.9 Å². The molecule has 1 heterocycles. The lowest BCUT2D eigenvalue weighted by Gasteiger charge is -2.27. The third kappa shape index (κ3) is 11.0. The number of nitrogens with one attached hydrogen (secondary N) is 5. The van der Waals surface area contributed by atoms with Crippen LogP contribution < -0.4 is 27.0 Å². The fourth-order valence-corrected chi connectivity index (χ4v) is 5.18. The van der Waals surface area contributed by atoms with E-state index in [-0.39, 0.29) is 25.3 Å². The topological polar surface area (TPSA) is 171 Å². The van der Waals surface area contributed by atoms with Gasteiger partial charge in [0.2, 0.25) is 23.6 Å². The van der Waals surface area contributed by atoms with E-state index in [9.17, 15) is 19.2 Å². The third-order valence-electron chi connectivity index (χ3n) is 7.50. The van der Waals surface area contributed by atoms with Crippen LogP contribution in [0.15, 0.2) is 104 Å². The Morgan fingerprint density at radius 2 is 1.17 bits per heavy atom. The Morgan fingerprint density at radius 1 is 0.674 bits per heavy atom. The van der Waals surface area contributed by atoms with Crippen LogP contribution in [0.5, 0.6) is 0 Å². The van der Waals surface area contributed by atoms with E-state index >= 15 is 0 Å². The molecule has 46 heavy (non-hydrogen) atoms. The number of amides is 4. The van der Waals surface area contributed by atoms with Gasteiger partial charge in [0.25, 0.3) is 0 Å². The molecule has 0 saturated carbocycles. The molecule has 4 rings (SSSR count). The summed E-state index contributed by atoms with van der Waals surface area (Å²) in [5, 5.41) is 11.9. The van der Waals surface area contributed by atoms with Crippen molar-refractivity contribution >= 4 is 23.6 Å². The monoisotopic (exact) mass is 623 g/mol. The predicted molar refractivity (Wildman–Crippen MR) is 175 cm³/mol. The third-order valence-corrected chi connectivity index (χ3v) is 7.50. The Labute approximate surface area is 268 Å². The molecular weight excluding hydrogens is 582 g/mol. The van der Waals surface area contributed by atoms with Gasteiger partial charge in [0.1, 0.15) is 12.1 Å². The second kappa shape index (κ2) is 17.3. The predicted octanol–water partition coefficient (Wildman–Crippen LogP) is 1.60. The molecule has 0 bridgehead atoms. The van der Waals surface area contributed by atoms with Crippen LogP contribution in [0, 0.1) is 0 Å². The second-order valence-corrected chi connectivity index (χ2v) is 11.2. The average Bonchev–Trinajstić information content (AvgIpc) is 3.56. The standard InChI is InChI=1S/C35H41N7O4/c1-24(43)40-31(19-27-15-9-4-10-16-27)35(46)42-32(20-28-21-37-23-39-28)34(45)41-29(17-25-11-5-2-6-12-25)22-38-30(33(36)44)18-26-13-7-3-8-14-26/h2-16,21,23,29-32,38H,17-20,22H2,1H3,(H2,36,44)(H,37,39)(H,40,43)(H,41,45)(H,42,46). The first kappa shape index (κ1) is 33.6. The van der Waals surface area contributed by atoms with Crippen molar-refractivity contribution in [1.29, 1.82) is 0 Å². The van der Waals surface area contributed by atoms with Crippen LogP contribution in [0.25, 0.3) is 0 Å². The number of aromatic nitrogens is 2. The molecule has 4 atom stereocenters. The van der Waals surface area contributed by atoms with E-state index in [0.717, 1.165) is 16.7 Å². The Kier molecular flexibility index (Phi) is 12.6. The van der Waals surface area contributed by atoms with Crippen molar-refractivity contribution in [2.75, 3.05) is 6.54 Å². The van der Waals surface area contributed by atoms with Crippen molar-refractivity contribution in [1.82, 2.24) is 31.2 Å². The fourth-order valence-electron chi connectivity index (χ4n) is 5.18. The van der Waals surface area contributed by atoms with Gasteiger partial charge < -0.3 is 32.0 Å². The number of benzene rings is 3. The molecule has 240 valence electrons. The van der Waals surface area contributed by atoms with Crippen LogP contribution in [0.3, 0.4) is 0 Å². The number of hydrogen-bond acceptors (Lipinski definition) is 6. The van der Waals surface area contributed by atoms with Crippen LogP contribution in [0.4, 0.5) is 0 Å². The van der Waals surface area contributed by atoms with Crippen LogP contribution in [-0.2, 0) is 44.9 Å². The molecule has 4 amide bonds. The lowest BCUT2D eigenvalue weighted by molar-refractivity contribution is -0.132. The van der Waals surface area contributed by atoms with Crippen molar-refractivity contribution in [2.24, 2.45) is 5.73 Å². The summed E-state index contributed by atoms with van der Waals surface area (Å²) in [6.07, 6.45) is 4.34. The number of imidazole rings is 1. The molecule has 0 spiro atoms. The van der Waals surface area contributed by atoms with Gasteiger partial charge in [-0.25, -0.2) is 4.98 Å². The number of aromatic amines is 1. The van der Waals surface area contributed by atoms with Gasteiger partial charge in [-0.15, -0.1) is 0 Å². The van der Waals surface area contributed by atoms with Crippen molar-refractivity contribution in [3.05, 3.63) is 126 Å². The number of hydrogen-bond donors (Lipinski definition) is 6. The molecule has 0 aliphatic rings. The van der Waals surface area contributed by atoms with E-state index in [1.165, 1.54) is 13.3 Å². The summed E-state index contributed by atoms with van der Waals surface area (Å²) in [4.78, 5) is 58.9. The van der Waals surface area contributed by atoms with Gasteiger partial charge in [0.05, 0.1) is 12.4 Å². The maximum absolute atomic E-state index is 13.9. The minimum absolute atomic E-state index is 0.138. The summed E-state index contributed by atoms with van der Waals surface area (Å²) in [5.41, 5.74) is 9.19. The summed E-state index contributed by atoms with van der Waals surface area (Å²) in [6.45, 7) is 1.59. The summed E-state index contributed by atoms with van der Waals surface area (Å²) in [7, 11) is 0. The van der Waals surface area contributed by atoms with E-state index in [4.69, 9.17) is 5.73 Å². The molecular formula is C35H41N7O4. The quantitative estimate of drug-likeness (QED) is 0.104. The van der Waals surface area contributed by atoms with E-state index in [1.807, 2.05) is 91.0 Å². The maximum atomic E-state index is 13.9. The second-order valence-electron chi connectivity index (χ2n) is 11.2. The lowest BCUT2D eigenvalue weighted by atomic mass is 10.0. The van der Waals surface area contributed by atoms with E-state index in [0.29, 0.717) is 18.5 Å². The van der Waals surface area contributed by atoms with Crippen LogP contribution in [-0.4, -0.2) is 64.3 Å². The number of carbonyl (C=O) groups excluding carboxylic acids is 4. The van der Waals surface area contributed by atoms with Crippen LogP contribution in [0.2, 0.25) is 0 Å². The normalized spacial score (nSPS) is 13.5. The molecule has 1 aromatic heterocycles. The largest absolute Gasteiger partial charge is 0.368 e. The maximum Gasteiger partial charge on any atom is 0.243 e. The summed E-state index contributed by atoms with van der Waals surface area (Å²) >= 11 is 0. The number of carbonyl (C=O) groups is 4. The SMILES string of the molecule is CC(=O)NC(Cc1ccccc1)C(=O)NC(Cc1cnc[nH]1)C(=O)NC(CNC(Cc1ccccc1)C(N)=O)Cc1ccccc1. The zero-order valence-electron chi connectivity index (χ0n) is 25.8. The summed E-state index contributed by atoms with van der Waals surface area (Å²) in [5.74, 6) is -1.78. The molecule has 0 aliphatic heterocycles. The van der Waals surface area contributed by atoms with Gasteiger partial charge in [0.15, 0.2) is 0 Å². The van der Waals surface area contributed by atoms with Crippen LogP contribution in [0.1, 0.15) is 29.3 Å². The highest BCUT2D eigenvalue weighted by molar-refractivity contribution is 5.92. The molecule has 11 heteroatoms. The summed E-state index contributed by atoms with van der Waals surface area (Å²) in [6, 6.07) is 25.5. The van der Waals surface area contributed by atoms with Gasteiger partial charge in [-0.05, 0) is 29.5 Å². The molecule has 4 unspecified atom stereocenters. The summed E-state index contributed by atoms with van der Waals surface area (Å²) < 4.78 is 0. The van der Waals surface area contributed by atoms with Crippen molar-refractivity contribution in [3.8, 4) is 0 Å². The van der Waals surface area contributed by atoms with Gasteiger partial charge in [-0.1, -0.05) is 91.0 Å². The molecule has 7 N–H and O–H groups in total.